The molecular weight excluding hydrogens is 428 g/mol. The Morgan fingerprint density at radius 1 is 1.00 bits per heavy atom. The van der Waals surface area contributed by atoms with Crippen LogP contribution in [0.15, 0.2) is 0 Å². The van der Waals surface area contributed by atoms with Crippen molar-refractivity contribution in [2.45, 2.75) is 73.3 Å². The summed E-state index contributed by atoms with van der Waals surface area (Å²) in [6.45, 7) is -1.71. The topological polar surface area (TPSA) is 276 Å². The molecule has 2 fully saturated rings. The van der Waals surface area contributed by atoms with Crippen LogP contribution in [0.1, 0.15) is 6.42 Å². The summed E-state index contributed by atoms with van der Waals surface area (Å²) in [7, 11) is 0. The van der Waals surface area contributed by atoms with Crippen LogP contribution >= 0.6 is 0 Å². The molecule has 11 atom stereocenters. The summed E-state index contributed by atoms with van der Waals surface area (Å²) in [6, 6.07) is -3.68. The van der Waals surface area contributed by atoms with Crippen LogP contribution in [-0.2, 0) is 23.8 Å². The van der Waals surface area contributed by atoms with Gasteiger partial charge < -0.3 is 66.5 Å². The first kappa shape index (κ1) is 25.9. The molecule has 1 unspecified atom stereocenters. The van der Waals surface area contributed by atoms with Crippen LogP contribution in [0.25, 0.3) is 0 Å². The van der Waals surface area contributed by atoms with Crippen molar-refractivity contribution >= 4 is 11.8 Å². The van der Waals surface area contributed by atoms with E-state index in [1.165, 1.54) is 0 Å². The first-order valence-electron chi connectivity index (χ1n) is 9.31. The molecule has 0 aromatic rings. The van der Waals surface area contributed by atoms with E-state index in [1.54, 1.807) is 0 Å². The van der Waals surface area contributed by atoms with Gasteiger partial charge in [-0.1, -0.05) is 0 Å². The highest BCUT2D eigenvalue weighted by molar-refractivity contribution is 5.93. The molecule has 0 aromatic carbocycles. The third kappa shape index (κ3) is 5.03. The number of aliphatic hydroxyl groups is 7. The maximum Gasteiger partial charge on any atom is 0.305 e. The maximum absolute atomic E-state index is 12.5. The number of nitrogens with two attached hydrogens (primary N) is 2. The third-order valence-corrected chi connectivity index (χ3v) is 5.26. The number of carbonyl (C=O) groups is 2. The molecule has 0 saturated carbocycles. The number of aliphatic carboxylic acids is 1. The number of ketones is 1. The average Bonchev–Trinajstić information content (AvgIpc) is 2.72. The molecule has 0 spiro atoms. The number of carbonyl (C=O) groups excluding carboxylic acids is 1. The summed E-state index contributed by atoms with van der Waals surface area (Å²) < 4.78 is 15.7. The molecule has 31 heavy (non-hydrogen) atoms. The van der Waals surface area contributed by atoms with Gasteiger partial charge in [0.15, 0.2) is 6.29 Å². The van der Waals surface area contributed by atoms with Gasteiger partial charge in [-0.15, -0.1) is 0 Å². The van der Waals surface area contributed by atoms with Gasteiger partial charge in [0.05, 0.1) is 31.7 Å². The smallest absolute Gasteiger partial charge is 0.305 e. The summed E-state index contributed by atoms with van der Waals surface area (Å²) in [5, 5.41) is 78.5. The molecule has 2 heterocycles. The van der Waals surface area contributed by atoms with E-state index in [4.69, 9.17) is 30.8 Å². The van der Waals surface area contributed by atoms with Crippen molar-refractivity contribution in [3.63, 3.8) is 0 Å². The highest BCUT2D eigenvalue weighted by atomic mass is 16.7. The molecule has 0 amide bonds. The van der Waals surface area contributed by atoms with E-state index >= 15 is 0 Å². The van der Waals surface area contributed by atoms with Crippen LogP contribution < -0.4 is 11.5 Å². The second kappa shape index (κ2) is 10.1. The van der Waals surface area contributed by atoms with Gasteiger partial charge in [0.2, 0.25) is 11.6 Å². The second-order valence-electron chi connectivity index (χ2n) is 7.42. The Hall–Kier alpha value is -1.34. The van der Waals surface area contributed by atoms with E-state index < -0.39 is 98.3 Å². The minimum Gasteiger partial charge on any atom is -0.481 e. The number of hydrogen-bond donors (Lipinski definition) is 10. The summed E-state index contributed by atoms with van der Waals surface area (Å²) in [5.74, 6) is -5.78. The van der Waals surface area contributed by atoms with Crippen LogP contribution in [0.5, 0.6) is 0 Å². The van der Waals surface area contributed by atoms with Gasteiger partial charge >= 0.3 is 5.97 Å². The summed E-state index contributed by atoms with van der Waals surface area (Å²) >= 11 is 0. The lowest BCUT2D eigenvalue weighted by Gasteiger charge is -2.49. The Kier molecular flexibility index (Phi) is 8.42. The standard InChI is InChI=1S/C16H28N2O13/c17-4(1-7(21)22)14(27)16(28)13(18)11(26)12(6(3-20)31-16)30-15-10(25)9(24)8(23)5(2-19)29-15/h4-6,8-13,15,19-20,23-26,28H,1-3,17-18H2,(H,21,22)/t4-,5+,6+,8-,9-,10+,11-,12+,13+,15-,16?/m0/s1. The Morgan fingerprint density at radius 3 is 2.10 bits per heavy atom. The summed E-state index contributed by atoms with van der Waals surface area (Å²) in [6.07, 6.45) is -14.5. The quantitative estimate of drug-likeness (QED) is 0.162. The third-order valence-electron chi connectivity index (χ3n) is 5.26. The molecule has 0 radical (unpaired) electrons. The maximum atomic E-state index is 12.5. The number of rotatable bonds is 8. The molecule has 15 nitrogen and oxygen atoms in total. The Bertz CT molecular complexity index is 649. The largest absolute Gasteiger partial charge is 0.481 e. The number of carboxylic acids is 1. The second-order valence-corrected chi connectivity index (χ2v) is 7.42. The Labute approximate surface area is 175 Å². The van der Waals surface area contributed by atoms with Gasteiger partial charge in [-0.3, -0.25) is 9.59 Å². The lowest BCUT2D eigenvalue weighted by molar-refractivity contribution is -0.356. The molecule has 2 aliphatic heterocycles. The monoisotopic (exact) mass is 456 g/mol. The van der Waals surface area contributed by atoms with E-state index in [-0.39, 0.29) is 0 Å². The number of ether oxygens (including phenoxy) is 3. The molecule has 2 saturated heterocycles. The fourth-order valence-corrected chi connectivity index (χ4v) is 3.44. The van der Waals surface area contributed by atoms with Crippen molar-refractivity contribution in [1.82, 2.24) is 0 Å². The van der Waals surface area contributed by atoms with Crippen LogP contribution in [0, 0.1) is 0 Å². The Balaban J connectivity index is 2.22. The van der Waals surface area contributed by atoms with Crippen LogP contribution in [0.2, 0.25) is 0 Å². The fourth-order valence-electron chi connectivity index (χ4n) is 3.44. The highest BCUT2D eigenvalue weighted by Gasteiger charge is 2.59. The number of carboxylic acid groups (broad SMARTS) is 1. The number of aliphatic hydroxyl groups excluding tert-OH is 6. The number of hydrogen-bond acceptors (Lipinski definition) is 14. The van der Waals surface area contributed by atoms with E-state index in [0.29, 0.717) is 0 Å². The zero-order valence-electron chi connectivity index (χ0n) is 16.2. The van der Waals surface area contributed by atoms with E-state index in [1.807, 2.05) is 0 Å². The molecule has 0 bridgehead atoms. The SMILES string of the molecule is N[C@@H]1[C@@H](O)[C@H](O[C@@H]2O[C@H](CO)[C@H](O)[C@H](O)[C@H]2O)[C@@H](CO)OC1(O)C(=O)[C@@H](N)CC(=O)O. The first-order valence-corrected chi connectivity index (χ1v) is 9.31. The molecule has 2 aliphatic rings. The van der Waals surface area contributed by atoms with Crippen molar-refractivity contribution in [2.75, 3.05) is 13.2 Å². The van der Waals surface area contributed by atoms with Gasteiger partial charge in [-0.25, -0.2) is 0 Å². The molecule has 12 N–H and O–H groups in total. The van der Waals surface area contributed by atoms with E-state index in [9.17, 15) is 45.3 Å². The lowest BCUT2D eigenvalue weighted by Crippen LogP contribution is -2.74. The van der Waals surface area contributed by atoms with Crippen LogP contribution in [0.4, 0.5) is 0 Å². The lowest BCUT2D eigenvalue weighted by atomic mass is 9.85. The van der Waals surface area contributed by atoms with Crippen molar-refractivity contribution in [1.29, 1.82) is 0 Å². The molecule has 180 valence electrons. The van der Waals surface area contributed by atoms with Gasteiger partial charge in [0.1, 0.15) is 42.7 Å². The van der Waals surface area contributed by atoms with Gasteiger partial charge in [-0.05, 0) is 0 Å². The van der Waals surface area contributed by atoms with Gasteiger partial charge in [0, 0.05) is 0 Å². The fraction of sp³-hybridized carbons (Fsp3) is 0.875. The van der Waals surface area contributed by atoms with Crippen molar-refractivity contribution < 1.29 is 64.7 Å². The number of Topliss-reactive ketones (excluding diaryl/α,β-unsaturated/α-hetero) is 1. The van der Waals surface area contributed by atoms with Crippen molar-refractivity contribution in [3.8, 4) is 0 Å². The van der Waals surface area contributed by atoms with Gasteiger partial charge in [0.25, 0.3) is 0 Å². The minimum absolute atomic E-state index is 0.757. The normalized spacial score (nSPS) is 44.6. The van der Waals surface area contributed by atoms with Crippen LogP contribution in [0.3, 0.4) is 0 Å². The van der Waals surface area contributed by atoms with E-state index in [0.717, 1.165) is 0 Å². The van der Waals surface area contributed by atoms with Crippen molar-refractivity contribution in [3.05, 3.63) is 0 Å². The van der Waals surface area contributed by atoms with E-state index in [2.05, 4.69) is 0 Å². The molecular formula is C16H28N2O13. The predicted molar refractivity (Wildman–Crippen MR) is 94.8 cm³/mol. The zero-order valence-corrected chi connectivity index (χ0v) is 16.2. The van der Waals surface area contributed by atoms with Crippen molar-refractivity contribution in [2.24, 2.45) is 11.5 Å². The molecule has 0 aliphatic carbocycles. The molecule has 2 rings (SSSR count). The Morgan fingerprint density at radius 2 is 1.58 bits per heavy atom. The predicted octanol–water partition coefficient (Wildman–Crippen LogP) is -6.69. The van der Waals surface area contributed by atoms with Crippen LogP contribution in [-0.4, -0.2) is 133 Å². The summed E-state index contributed by atoms with van der Waals surface area (Å²) in [5.41, 5.74) is 11.2. The molecule has 15 heteroatoms. The van der Waals surface area contributed by atoms with Gasteiger partial charge in [-0.2, -0.15) is 0 Å². The minimum atomic E-state index is -2.98. The zero-order chi connectivity index (χ0) is 23.7. The first-order chi connectivity index (χ1) is 14.4. The average molecular weight is 456 g/mol. The molecule has 0 aromatic heterocycles. The summed E-state index contributed by atoms with van der Waals surface area (Å²) in [4.78, 5) is 23.2. The highest BCUT2D eigenvalue weighted by Crippen LogP contribution is 2.33.